The first-order valence-electron chi connectivity index (χ1n) is 6.74. The van der Waals surface area contributed by atoms with Crippen molar-refractivity contribution < 1.29 is 13.5 Å². The molecule has 0 aliphatic rings. The van der Waals surface area contributed by atoms with Crippen molar-refractivity contribution in [1.29, 1.82) is 0 Å². The zero-order valence-corrected chi connectivity index (χ0v) is 12.2. The molecule has 0 saturated carbocycles. The van der Waals surface area contributed by atoms with E-state index in [1.807, 2.05) is 31.2 Å². The Kier molecular flexibility index (Phi) is 3.63. The topological polar surface area (TPSA) is 34.1 Å². The summed E-state index contributed by atoms with van der Waals surface area (Å²) in [5, 5.41) is 3.98. The van der Waals surface area contributed by atoms with Crippen LogP contribution in [0, 0.1) is 18.6 Å². The van der Waals surface area contributed by atoms with E-state index in [1.165, 1.54) is 6.07 Å². The molecule has 1 aromatic heterocycles. The highest BCUT2D eigenvalue weighted by Crippen LogP contribution is 2.29. The van der Waals surface area contributed by atoms with E-state index in [1.54, 1.807) is 7.11 Å². The van der Waals surface area contributed by atoms with Crippen LogP contribution in [0.15, 0.2) is 42.5 Å². The molecule has 0 atom stereocenters. The first kappa shape index (κ1) is 14.3. The molecular weight excluding hydrogens is 286 g/mol. The van der Waals surface area contributed by atoms with Crippen LogP contribution in [0.2, 0.25) is 0 Å². The minimum Gasteiger partial charge on any atom is -0.497 e. The Bertz CT molecular complexity index is 849. The van der Waals surface area contributed by atoms with Crippen LogP contribution < -0.4 is 10.1 Å². The SMILES string of the molecule is COc1ccc2c(Nc3ccc(F)c(F)c3)cc(C)nc2c1. The molecule has 0 aliphatic carbocycles. The molecule has 3 aromatic rings. The zero-order chi connectivity index (χ0) is 15.7. The molecule has 0 amide bonds. The maximum atomic E-state index is 13.3. The number of halogens is 2. The van der Waals surface area contributed by atoms with Gasteiger partial charge in [-0.1, -0.05) is 0 Å². The van der Waals surface area contributed by atoms with Crippen LogP contribution in [0.5, 0.6) is 5.75 Å². The van der Waals surface area contributed by atoms with Crippen molar-refractivity contribution in [2.45, 2.75) is 6.92 Å². The van der Waals surface area contributed by atoms with Gasteiger partial charge in [0.1, 0.15) is 5.75 Å². The molecule has 0 radical (unpaired) electrons. The van der Waals surface area contributed by atoms with Gasteiger partial charge in [-0.05, 0) is 37.3 Å². The lowest BCUT2D eigenvalue weighted by atomic mass is 10.1. The van der Waals surface area contributed by atoms with E-state index in [0.717, 1.165) is 34.4 Å². The van der Waals surface area contributed by atoms with Crippen LogP contribution in [0.4, 0.5) is 20.2 Å². The molecule has 0 aliphatic heterocycles. The molecule has 112 valence electrons. The summed E-state index contributed by atoms with van der Waals surface area (Å²) in [6, 6.07) is 11.1. The molecule has 3 nitrogen and oxygen atoms in total. The summed E-state index contributed by atoms with van der Waals surface area (Å²) in [6.45, 7) is 1.87. The third kappa shape index (κ3) is 2.70. The van der Waals surface area contributed by atoms with Gasteiger partial charge >= 0.3 is 0 Å². The number of anilines is 2. The Morgan fingerprint density at radius 2 is 1.82 bits per heavy atom. The number of hydrogen-bond donors (Lipinski definition) is 1. The van der Waals surface area contributed by atoms with E-state index in [0.29, 0.717) is 11.4 Å². The largest absolute Gasteiger partial charge is 0.497 e. The van der Waals surface area contributed by atoms with Gasteiger partial charge in [0, 0.05) is 34.6 Å². The van der Waals surface area contributed by atoms with Gasteiger partial charge in [0.05, 0.1) is 12.6 Å². The van der Waals surface area contributed by atoms with Crippen molar-refractivity contribution in [3.63, 3.8) is 0 Å². The molecule has 2 aromatic carbocycles. The Hall–Kier alpha value is -2.69. The van der Waals surface area contributed by atoms with Crippen molar-refractivity contribution in [3.05, 3.63) is 59.8 Å². The second kappa shape index (κ2) is 5.60. The molecule has 22 heavy (non-hydrogen) atoms. The number of rotatable bonds is 3. The molecule has 0 unspecified atom stereocenters. The summed E-state index contributed by atoms with van der Waals surface area (Å²) in [7, 11) is 1.59. The maximum absolute atomic E-state index is 13.3. The quantitative estimate of drug-likeness (QED) is 0.769. The van der Waals surface area contributed by atoms with Gasteiger partial charge in [0.25, 0.3) is 0 Å². The van der Waals surface area contributed by atoms with Crippen molar-refractivity contribution in [1.82, 2.24) is 4.98 Å². The van der Waals surface area contributed by atoms with E-state index in [2.05, 4.69) is 10.3 Å². The predicted molar refractivity (Wildman–Crippen MR) is 82.7 cm³/mol. The molecule has 1 heterocycles. The van der Waals surface area contributed by atoms with Gasteiger partial charge in [-0.15, -0.1) is 0 Å². The molecule has 0 bridgehead atoms. The third-order valence-corrected chi connectivity index (χ3v) is 3.34. The number of hydrogen-bond acceptors (Lipinski definition) is 3. The van der Waals surface area contributed by atoms with Gasteiger partial charge in [-0.3, -0.25) is 4.98 Å². The molecule has 5 heteroatoms. The lowest BCUT2D eigenvalue weighted by Gasteiger charge is -2.12. The molecular formula is C17H14F2N2O. The smallest absolute Gasteiger partial charge is 0.160 e. The molecule has 0 spiro atoms. The van der Waals surface area contributed by atoms with Gasteiger partial charge in [-0.2, -0.15) is 0 Å². The second-order valence-corrected chi connectivity index (χ2v) is 4.95. The van der Waals surface area contributed by atoms with Crippen LogP contribution in [-0.4, -0.2) is 12.1 Å². The van der Waals surface area contributed by atoms with Crippen LogP contribution in [0.3, 0.4) is 0 Å². The highest BCUT2D eigenvalue weighted by Gasteiger charge is 2.08. The summed E-state index contributed by atoms with van der Waals surface area (Å²) < 4.78 is 31.5. The lowest BCUT2D eigenvalue weighted by Crippen LogP contribution is -1.96. The number of aromatic nitrogens is 1. The zero-order valence-electron chi connectivity index (χ0n) is 12.2. The van der Waals surface area contributed by atoms with Gasteiger partial charge in [0.15, 0.2) is 11.6 Å². The number of benzene rings is 2. The van der Waals surface area contributed by atoms with Crippen LogP contribution in [0.25, 0.3) is 10.9 Å². The minimum absolute atomic E-state index is 0.474. The van der Waals surface area contributed by atoms with E-state index in [4.69, 9.17) is 4.74 Å². The average molecular weight is 300 g/mol. The molecule has 0 saturated heterocycles. The van der Waals surface area contributed by atoms with Gasteiger partial charge in [0.2, 0.25) is 0 Å². The average Bonchev–Trinajstić information content (AvgIpc) is 2.50. The molecule has 3 rings (SSSR count). The van der Waals surface area contributed by atoms with Crippen molar-refractivity contribution in [3.8, 4) is 5.75 Å². The highest BCUT2D eigenvalue weighted by atomic mass is 19.2. The Labute approximate surface area is 126 Å². The fourth-order valence-corrected chi connectivity index (χ4v) is 2.30. The standard InChI is InChI=1S/C17H14F2N2O/c1-10-7-16(21-11-3-6-14(18)15(19)8-11)13-5-4-12(22-2)9-17(13)20-10/h3-9H,1-2H3,(H,20,21). The number of aryl methyl sites for hydroxylation is 1. The minimum atomic E-state index is -0.887. The first-order valence-corrected chi connectivity index (χ1v) is 6.74. The number of ether oxygens (including phenoxy) is 1. The summed E-state index contributed by atoms with van der Waals surface area (Å²) in [6.07, 6.45) is 0. The van der Waals surface area contributed by atoms with Crippen molar-refractivity contribution >= 4 is 22.3 Å². The number of nitrogens with one attached hydrogen (secondary N) is 1. The van der Waals surface area contributed by atoms with Gasteiger partial charge < -0.3 is 10.1 Å². The Morgan fingerprint density at radius 1 is 1.00 bits per heavy atom. The van der Waals surface area contributed by atoms with E-state index >= 15 is 0 Å². The van der Waals surface area contributed by atoms with Gasteiger partial charge in [-0.25, -0.2) is 8.78 Å². The number of pyridine rings is 1. The number of nitrogens with zero attached hydrogens (tertiary/aromatic N) is 1. The summed E-state index contributed by atoms with van der Waals surface area (Å²) in [5.41, 5.74) is 2.83. The van der Waals surface area contributed by atoms with Crippen LogP contribution >= 0.6 is 0 Å². The van der Waals surface area contributed by atoms with Crippen LogP contribution in [0.1, 0.15) is 5.69 Å². The highest BCUT2D eigenvalue weighted by molar-refractivity contribution is 5.94. The summed E-state index contributed by atoms with van der Waals surface area (Å²) >= 11 is 0. The Balaban J connectivity index is 2.07. The number of fused-ring (bicyclic) bond motifs is 1. The second-order valence-electron chi connectivity index (χ2n) is 4.95. The first-order chi connectivity index (χ1) is 10.6. The summed E-state index contributed by atoms with van der Waals surface area (Å²) in [4.78, 5) is 4.46. The third-order valence-electron chi connectivity index (χ3n) is 3.34. The fourth-order valence-electron chi connectivity index (χ4n) is 2.30. The number of methoxy groups -OCH3 is 1. The fraction of sp³-hybridized carbons (Fsp3) is 0.118. The van der Waals surface area contributed by atoms with E-state index < -0.39 is 11.6 Å². The lowest BCUT2D eigenvalue weighted by molar-refractivity contribution is 0.415. The van der Waals surface area contributed by atoms with Crippen molar-refractivity contribution in [2.75, 3.05) is 12.4 Å². The molecule has 1 N–H and O–H groups in total. The Morgan fingerprint density at radius 3 is 2.55 bits per heavy atom. The van der Waals surface area contributed by atoms with Crippen molar-refractivity contribution in [2.24, 2.45) is 0 Å². The van der Waals surface area contributed by atoms with E-state index in [9.17, 15) is 8.78 Å². The maximum Gasteiger partial charge on any atom is 0.160 e. The predicted octanol–water partition coefficient (Wildman–Crippen LogP) is 4.57. The monoisotopic (exact) mass is 300 g/mol. The van der Waals surface area contributed by atoms with Crippen LogP contribution in [-0.2, 0) is 0 Å². The normalized spacial score (nSPS) is 10.7. The summed E-state index contributed by atoms with van der Waals surface area (Å²) in [5.74, 6) is -1.04. The molecule has 0 fully saturated rings. The van der Waals surface area contributed by atoms with E-state index in [-0.39, 0.29) is 0 Å².